The van der Waals surface area contributed by atoms with E-state index >= 15 is 0 Å². The first-order chi connectivity index (χ1) is 11.0. The summed E-state index contributed by atoms with van der Waals surface area (Å²) in [6.07, 6.45) is 5.19. The Morgan fingerprint density at radius 3 is 2.35 bits per heavy atom. The van der Waals surface area contributed by atoms with Gasteiger partial charge in [-0.25, -0.2) is 4.79 Å². The molecule has 0 aromatic rings. The van der Waals surface area contributed by atoms with Crippen LogP contribution in [-0.4, -0.2) is 42.9 Å². The first-order valence-corrected chi connectivity index (χ1v) is 8.25. The number of carboxylic acid groups (broad SMARTS) is 1. The molecule has 1 aliphatic carbocycles. The molecular weight excluding hydrogens is 302 g/mol. The zero-order valence-electron chi connectivity index (χ0n) is 13.8. The Kier molecular flexibility index (Phi) is 8.43. The van der Waals surface area contributed by atoms with Crippen molar-refractivity contribution < 1.29 is 29.0 Å². The Morgan fingerprint density at radius 1 is 1.09 bits per heavy atom. The molecule has 1 aliphatic rings. The van der Waals surface area contributed by atoms with Crippen molar-refractivity contribution in [1.82, 2.24) is 5.32 Å². The molecular formula is C16H27NO6. The lowest BCUT2D eigenvalue weighted by Gasteiger charge is -2.36. The molecule has 7 heteroatoms. The molecule has 0 aromatic heterocycles. The molecule has 1 saturated carbocycles. The van der Waals surface area contributed by atoms with Crippen LogP contribution >= 0.6 is 0 Å². The summed E-state index contributed by atoms with van der Waals surface area (Å²) in [5.74, 6) is -1.15. The molecule has 1 fully saturated rings. The van der Waals surface area contributed by atoms with E-state index in [-0.39, 0.29) is 31.0 Å². The number of rotatable bonds is 9. The molecule has 0 unspecified atom stereocenters. The zero-order valence-corrected chi connectivity index (χ0v) is 13.8. The molecule has 7 nitrogen and oxygen atoms in total. The predicted molar refractivity (Wildman–Crippen MR) is 83.0 cm³/mol. The number of carbonyl (C=O) groups excluding carboxylic acids is 2. The van der Waals surface area contributed by atoms with Crippen molar-refractivity contribution in [1.29, 1.82) is 0 Å². The molecule has 0 spiro atoms. The number of hydrogen-bond donors (Lipinski definition) is 2. The van der Waals surface area contributed by atoms with Gasteiger partial charge < -0.3 is 19.9 Å². The van der Waals surface area contributed by atoms with Gasteiger partial charge in [-0.3, -0.25) is 9.59 Å². The summed E-state index contributed by atoms with van der Waals surface area (Å²) in [4.78, 5) is 33.8. The minimum absolute atomic E-state index is 0.00673. The minimum atomic E-state index is -0.843. The third kappa shape index (κ3) is 7.85. The predicted octanol–water partition coefficient (Wildman–Crippen LogP) is 2.48. The van der Waals surface area contributed by atoms with E-state index < -0.39 is 12.1 Å². The van der Waals surface area contributed by atoms with Gasteiger partial charge in [-0.05, 0) is 24.7 Å². The highest BCUT2D eigenvalue weighted by Gasteiger charge is 2.34. The van der Waals surface area contributed by atoms with Gasteiger partial charge in [0.25, 0.3) is 0 Å². The molecule has 0 aromatic carbocycles. The molecule has 0 heterocycles. The second-order valence-corrected chi connectivity index (χ2v) is 6.09. The Balaban J connectivity index is 2.27. The van der Waals surface area contributed by atoms with Crippen molar-refractivity contribution in [2.75, 3.05) is 19.8 Å². The first-order valence-electron chi connectivity index (χ1n) is 8.25. The van der Waals surface area contributed by atoms with Crippen LogP contribution in [-0.2, 0) is 19.1 Å². The molecule has 2 N–H and O–H groups in total. The maximum atomic E-state index is 11.7. The van der Waals surface area contributed by atoms with Gasteiger partial charge in [0.05, 0.1) is 6.42 Å². The zero-order chi connectivity index (χ0) is 17.1. The molecule has 1 amide bonds. The van der Waals surface area contributed by atoms with Crippen LogP contribution in [0.3, 0.4) is 0 Å². The van der Waals surface area contributed by atoms with Crippen LogP contribution in [0, 0.1) is 5.41 Å². The van der Waals surface area contributed by atoms with E-state index in [1.165, 1.54) is 0 Å². The Bertz CT molecular complexity index is 403. The third-order valence-corrected chi connectivity index (χ3v) is 4.08. The van der Waals surface area contributed by atoms with Gasteiger partial charge in [0.15, 0.2) is 0 Å². The van der Waals surface area contributed by atoms with Crippen molar-refractivity contribution >= 4 is 18.0 Å². The number of carbonyl (C=O) groups is 3. The Labute approximate surface area is 136 Å². The largest absolute Gasteiger partial charge is 0.481 e. The summed E-state index contributed by atoms with van der Waals surface area (Å²) in [5.41, 5.74) is -0.378. The number of hydrogen-bond acceptors (Lipinski definition) is 5. The van der Waals surface area contributed by atoms with Gasteiger partial charge in [-0.2, -0.15) is 0 Å². The van der Waals surface area contributed by atoms with Crippen molar-refractivity contribution in [3.8, 4) is 0 Å². The van der Waals surface area contributed by atoms with Gasteiger partial charge in [-0.15, -0.1) is 0 Å². The molecule has 1 rings (SSSR count). The summed E-state index contributed by atoms with van der Waals surface area (Å²) >= 11 is 0. The molecule has 0 aliphatic heterocycles. The van der Waals surface area contributed by atoms with E-state index in [1.807, 2.05) is 6.92 Å². The highest BCUT2D eigenvalue weighted by Crippen LogP contribution is 2.38. The van der Waals surface area contributed by atoms with Gasteiger partial charge >= 0.3 is 18.0 Å². The maximum Gasteiger partial charge on any atom is 0.407 e. The van der Waals surface area contributed by atoms with Crippen LogP contribution in [0.2, 0.25) is 0 Å². The fraction of sp³-hybridized carbons (Fsp3) is 0.812. The molecule has 0 atom stereocenters. The highest BCUT2D eigenvalue weighted by molar-refractivity contribution is 5.70. The number of ether oxygens (including phenoxy) is 2. The van der Waals surface area contributed by atoms with Gasteiger partial charge in [-0.1, -0.05) is 26.2 Å². The second-order valence-electron chi connectivity index (χ2n) is 6.09. The number of aliphatic carboxylic acids is 1. The van der Waals surface area contributed by atoms with Crippen LogP contribution in [0.4, 0.5) is 4.79 Å². The second kappa shape index (κ2) is 10.1. The van der Waals surface area contributed by atoms with Crippen LogP contribution in [0.5, 0.6) is 0 Å². The number of esters is 1. The van der Waals surface area contributed by atoms with Crippen molar-refractivity contribution in [3.05, 3.63) is 0 Å². The summed E-state index contributed by atoms with van der Waals surface area (Å²) in [7, 11) is 0. The number of carboxylic acids is 1. The summed E-state index contributed by atoms with van der Waals surface area (Å²) in [6.45, 7) is 2.21. The molecule has 23 heavy (non-hydrogen) atoms. The molecule has 0 radical (unpaired) electrons. The Morgan fingerprint density at radius 2 is 1.74 bits per heavy atom. The average Bonchev–Trinajstić information content (AvgIpc) is 2.50. The van der Waals surface area contributed by atoms with Crippen molar-refractivity contribution in [3.63, 3.8) is 0 Å². The highest BCUT2D eigenvalue weighted by atomic mass is 16.6. The van der Waals surface area contributed by atoms with Crippen LogP contribution in [0.1, 0.15) is 58.3 Å². The number of alkyl carbamates (subject to hydrolysis) is 1. The van der Waals surface area contributed by atoms with Crippen LogP contribution < -0.4 is 5.32 Å². The van der Waals surface area contributed by atoms with E-state index in [4.69, 9.17) is 14.6 Å². The van der Waals surface area contributed by atoms with Crippen LogP contribution in [0.25, 0.3) is 0 Å². The van der Waals surface area contributed by atoms with E-state index in [2.05, 4.69) is 5.32 Å². The smallest absolute Gasteiger partial charge is 0.407 e. The Hall–Kier alpha value is -1.79. The standard InChI is InChI=1S/C16H27NO6/c1-2-6-14(20)22-9-10-23-15(21)17-12-16(11-13(18)19)7-4-3-5-8-16/h2-12H2,1H3,(H,17,21)(H,18,19). The molecule has 0 bridgehead atoms. The molecule has 132 valence electrons. The molecule has 0 saturated heterocycles. The van der Waals surface area contributed by atoms with Crippen molar-refractivity contribution in [2.24, 2.45) is 5.41 Å². The summed E-state index contributed by atoms with van der Waals surface area (Å²) in [5, 5.41) is 11.7. The number of nitrogens with one attached hydrogen (secondary N) is 1. The third-order valence-electron chi connectivity index (χ3n) is 4.08. The van der Waals surface area contributed by atoms with E-state index in [9.17, 15) is 14.4 Å². The van der Waals surface area contributed by atoms with Gasteiger partial charge in [0.1, 0.15) is 13.2 Å². The van der Waals surface area contributed by atoms with E-state index in [0.717, 1.165) is 32.1 Å². The maximum absolute atomic E-state index is 11.7. The van der Waals surface area contributed by atoms with Crippen LogP contribution in [0.15, 0.2) is 0 Å². The van der Waals surface area contributed by atoms with Crippen molar-refractivity contribution in [2.45, 2.75) is 58.3 Å². The lowest BCUT2D eigenvalue weighted by atomic mass is 9.72. The summed E-state index contributed by atoms with van der Waals surface area (Å²) < 4.78 is 9.82. The fourth-order valence-electron chi connectivity index (χ4n) is 2.92. The van der Waals surface area contributed by atoms with E-state index in [0.29, 0.717) is 19.4 Å². The number of amides is 1. The van der Waals surface area contributed by atoms with Gasteiger partial charge in [0.2, 0.25) is 0 Å². The van der Waals surface area contributed by atoms with E-state index in [1.54, 1.807) is 0 Å². The summed E-state index contributed by atoms with van der Waals surface area (Å²) in [6, 6.07) is 0. The lowest BCUT2D eigenvalue weighted by Crippen LogP contribution is -2.40. The first kappa shape index (κ1) is 19.3. The normalized spacial score (nSPS) is 16.4. The van der Waals surface area contributed by atoms with Gasteiger partial charge in [0, 0.05) is 13.0 Å². The monoisotopic (exact) mass is 329 g/mol. The lowest BCUT2D eigenvalue weighted by molar-refractivity contribution is -0.144. The average molecular weight is 329 g/mol. The topological polar surface area (TPSA) is 102 Å². The SMILES string of the molecule is CCCC(=O)OCCOC(=O)NCC1(CC(=O)O)CCCCC1. The fourth-order valence-corrected chi connectivity index (χ4v) is 2.92. The minimum Gasteiger partial charge on any atom is -0.481 e. The quantitative estimate of drug-likeness (QED) is 0.498.